The van der Waals surface area contributed by atoms with Gasteiger partial charge in [-0.05, 0) is 31.9 Å². The average Bonchev–Trinajstić information content (AvgIpc) is 2.38. The van der Waals surface area contributed by atoms with Crippen molar-refractivity contribution in [2.75, 3.05) is 25.9 Å². The van der Waals surface area contributed by atoms with Crippen LogP contribution in [0.2, 0.25) is 0 Å². The van der Waals surface area contributed by atoms with Crippen LogP contribution < -0.4 is 5.32 Å². The standard InChI is InChI=1S/C13H22N2O3S/c1-19-13(5-3-6-13)9-14-12(18)15-7-2-4-10(8-15)11(16)17/h10H,2-9H2,1H3,(H,14,18)(H,16,17)/t10-/m1/s1. The summed E-state index contributed by atoms with van der Waals surface area (Å²) in [5.74, 6) is -1.20. The lowest BCUT2D eigenvalue weighted by Gasteiger charge is -2.41. The van der Waals surface area contributed by atoms with Crippen molar-refractivity contribution in [3.05, 3.63) is 0 Å². The molecule has 2 amide bonds. The SMILES string of the molecule is CSC1(CNC(=O)N2CCC[C@@H](C(=O)O)C2)CCC1. The second kappa shape index (κ2) is 6.03. The number of nitrogens with one attached hydrogen (secondary N) is 1. The second-order valence-electron chi connectivity index (χ2n) is 5.52. The van der Waals surface area contributed by atoms with Crippen molar-refractivity contribution in [1.29, 1.82) is 0 Å². The fraction of sp³-hybridized carbons (Fsp3) is 0.846. The van der Waals surface area contributed by atoms with Crippen molar-refractivity contribution in [2.45, 2.75) is 36.9 Å². The summed E-state index contributed by atoms with van der Waals surface area (Å²) >= 11 is 1.83. The summed E-state index contributed by atoms with van der Waals surface area (Å²) in [5, 5.41) is 12.0. The summed E-state index contributed by atoms with van der Waals surface area (Å²) in [6, 6.07) is -0.105. The molecule has 2 N–H and O–H groups in total. The number of piperidine rings is 1. The molecule has 0 bridgehead atoms. The molecule has 0 aromatic rings. The number of amides is 2. The summed E-state index contributed by atoms with van der Waals surface area (Å²) in [5.41, 5.74) is 0. The molecule has 1 saturated carbocycles. The highest BCUT2D eigenvalue weighted by Crippen LogP contribution is 2.42. The molecule has 5 nitrogen and oxygen atoms in total. The minimum absolute atomic E-state index is 0.105. The lowest BCUT2D eigenvalue weighted by Crippen LogP contribution is -2.51. The van der Waals surface area contributed by atoms with Crippen LogP contribution >= 0.6 is 11.8 Å². The summed E-state index contributed by atoms with van der Waals surface area (Å²) in [6.07, 6.45) is 7.10. The third-order valence-electron chi connectivity index (χ3n) is 4.32. The molecule has 108 valence electrons. The fourth-order valence-electron chi connectivity index (χ4n) is 2.74. The van der Waals surface area contributed by atoms with Gasteiger partial charge in [0.25, 0.3) is 0 Å². The number of rotatable bonds is 4. The molecule has 0 aromatic carbocycles. The van der Waals surface area contributed by atoms with E-state index in [2.05, 4.69) is 11.6 Å². The van der Waals surface area contributed by atoms with Crippen LogP contribution in [-0.2, 0) is 4.79 Å². The van der Waals surface area contributed by atoms with Gasteiger partial charge in [-0.25, -0.2) is 4.79 Å². The van der Waals surface area contributed by atoms with E-state index in [0.29, 0.717) is 26.1 Å². The number of carbonyl (C=O) groups is 2. The van der Waals surface area contributed by atoms with E-state index in [1.165, 1.54) is 6.42 Å². The molecule has 1 atom stereocenters. The number of likely N-dealkylation sites (tertiary alicyclic amines) is 1. The number of thioether (sulfide) groups is 1. The van der Waals surface area contributed by atoms with Gasteiger partial charge in [-0.15, -0.1) is 0 Å². The summed E-state index contributed by atoms with van der Waals surface area (Å²) in [4.78, 5) is 24.7. The van der Waals surface area contributed by atoms with Crippen molar-refractivity contribution < 1.29 is 14.7 Å². The Morgan fingerprint density at radius 3 is 2.68 bits per heavy atom. The van der Waals surface area contributed by atoms with Gasteiger partial charge in [-0.3, -0.25) is 4.79 Å². The van der Waals surface area contributed by atoms with Crippen LogP contribution in [0.4, 0.5) is 4.79 Å². The van der Waals surface area contributed by atoms with Crippen LogP contribution in [0, 0.1) is 5.92 Å². The number of aliphatic carboxylic acids is 1. The highest BCUT2D eigenvalue weighted by molar-refractivity contribution is 8.00. The Morgan fingerprint density at radius 2 is 2.16 bits per heavy atom. The first-order valence-electron chi connectivity index (χ1n) is 6.87. The molecule has 2 aliphatic rings. The van der Waals surface area contributed by atoms with Crippen LogP contribution in [0.15, 0.2) is 0 Å². The molecular weight excluding hydrogens is 264 g/mol. The smallest absolute Gasteiger partial charge is 0.317 e. The zero-order chi connectivity index (χ0) is 13.9. The van der Waals surface area contributed by atoms with Crippen molar-refractivity contribution in [1.82, 2.24) is 10.2 Å². The lowest BCUT2D eigenvalue weighted by atomic mass is 9.84. The molecule has 1 heterocycles. The van der Waals surface area contributed by atoms with Crippen molar-refractivity contribution in [3.63, 3.8) is 0 Å². The molecule has 1 saturated heterocycles. The van der Waals surface area contributed by atoms with Crippen molar-refractivity contribution >= 4 is 23.8 Å². The van der Waals surface area contributed by atoms with Crippen LogP contribution in [-0.4, -0.2) is 52.6 Å². The quantitative estimate of drug-likeness (QED) is 0.826. The van der Waals surface area contributed by atoms with E-state index in [1.807, 2.05) is 11.8 Å². The number of hydrogen-bond acceptors (Lipinski definition) is 3. The zero-order valence-electron chi connectivity index (χ0n) is 11.4. The Hall–Kier alpha value is -0.910. The zero-order valence-corrected chi connectivity index (χ0v) is 12.2. The third kappa shape index (κ3) is 3.35. The number of carboxylic acids is 1. The summed E-state index contributed by atoms with van der Waals surface area (Å²) in [6.45, 7) is 1.70. The van der Waals surface area contributed by atoms with Gasteiger partial charge in [0.2, 0.25) is 0 Å². The van der Waals surface area contributed by atoms with E-state index in [9.17, 15) is 9.59 Å². The average molecular weight is 286 g/mol. The molecule has 2 fully saturated rings. The normalized spacial score (nSPS) is 25.5. The van der Waals surface area contributed by atoms with Crippen LogP contribution in [0.25, 0.3) is 0 Å². The van der Waals surface area contributed by atoms with E-state index in [-0.39, 0.29) is 10.8 Å². The number of carboxylic acid groups (broad SMARTS) is 1. The van der Waals surface area contributed by atoms with Gasteiger partial charge < -0.3 is 15.3 Å². The number of urea groups is 1. The first-order chi connectivity index (χ1) is 9.06. The molecule has 0 spiro atoms. The summed E-state index contributed by atoms with van der Waals surface area (Å²) in [7, 11) is 0. The van der Waals surface area contributed by atoms with Gasteiger partial charge in [-0.2, -0.15) is 11.8 Å². The maximum absolute atomic E-state index is 12.1. The van der Waals surface area contributed by atoms with Gasteiger partial charge in [-0.1, -0.05) is 6.42 Å². The predicted molar refractivity (Wildman–Crippen MR) is 75.4 cm³/mol. The maximum atomic E-state index is 12.1. The molecule has 2 rings (SSSR count). The molecule has 0 radical (unpaired) electrons. The number of nitrogens with zero attached hydrogens (tertiary/aromatic N) is 1. The van der Waals surface area contributed by atoms with Gasteiger partial charge in [0, 0.05) is 24.4 Å². The Morgan fingerprint density at radius 1 is 1.42 bits per heavy atom. The molecule has 6 heteroatoms. The van der Waals surface area contributed by atoms with Gasteiger partial charge in [0.1, 0.15) is 0 Å². The first kappa shape index (κ1) is 14.5. The third-order valence-corrected chi connectivity index (χ3v) is 5.74. The first-order valence-corrected chi connectivity index (χ1v) is 8.09. The van der Waals surface area contributed by atoms with Crippen LogP contribution in [0.1, 0.15) is 32.1 Å². The van der Waals surface area contributed by atoms with E-state index in [0.717, 1.165) is 19.3 Å². The van der Waals surface area contributed by atoms with Crippen molar-refractivity contribution in [2.24, 2.45) is 5.92 Å². The molecule has 1 aliphatic carbocycles. The Balaban J connectivity index is 1.81. The van der Waals surface area contributed by atoms with Crippen molar-refractivity contribution in [3.8, 4) is 0 Å². The summed E-state index contributed by atoms with van der Waals surface area (Å²) < 4.78 is 0.220. The Bertz CT molecular complexity index is 352. The second-order valence-corrected chi connectivity index (χ2v) is 6.80. The molecule has 1 aliphatic heterocycles. The molecule has 0 unspecified atom stereocenters. The van der Waals surface area contributed by atoms with E-state index < -0.39 is 11.9 Å². The van der Waals surface area contributed by atoms with Gasteiger partial charge in [0.05, 0.1) is 5.92 Å². The monoisotopic (exact) mass is 286 g/mol. The topological polar surface area (TPSA) is 69.6 Å². The number of carbonyl (C=O) groups excluding carboxylic acids is 1. The van der Waals surface area contributed by atoms with E-state index in [4.69, 9.17) is 5.11 Å². The fourth-order valence-corrected chi connectivity index (χ4v) is 3.65. The van der Waals surface area contributed by atoms with E-state index >= 15 is 0 Å². The Labute approximate surface area is 118 Å². The predicted octanol–water partition coefficient (Wildman–Crippen LogP) is 1.78. The molecule has 0 aromatic heterocycles. The Kier molecular flexibility index (Phi) is 4.60. The van der Waals surface area contributed by atoms with Gasteiger partial charge >= 0.3 is 12.0 Å². The highest BCUT2D eigenvalue weighted by atomic mass is 32.2. The lowest BCUT2D eigenvalue weighted by molar-refractivity contribution is -0.143. The minimum Gasteiger partial charge on any atom is -0.481 e. The van der Waals surface area contributed by atoms with Crippen LogP contribution in [0.3, 0.4) is 0 Å². The molecule has 19 heavy (non-hydrogen) atoms. The van der Waals surface area contributed by atoms with Gasteiger partial charge in [0.15, 0.2) is 0 Å². The van der Waals surface area contributed by atoms with E-state index in [1.54, 1.807) is 4.90 Å². The maximum Gasteiger partial charge on any atom is 0.317 e. The minimum atomic E-state index is -0.794. The molecular formula is C13H22N2O3S. The highest BCUT2D eigenvalue weighted by Gasteiger charge is 2.37. The largest absolute Gasteiger partial charge is 0.481 e. The number of hydrogen-bond donors (Lipinski definition) is 2. The van der Waals surface area contributed by atoms with Crippen LogP contribution in [0.5, 0.6) is 0 Å².